The molecule has 1 aromatic carbocycles. The lowest BCUT2D eigenvalue weighted by molar-refractivity contribution is -0.118. The van der Waals surface area contributed by atoms with Crippen LogP contribution in [-0.2, 0) is 4.79 Å². The minimum absolute atomic E-state index is 0.00999. The third-order valence-electron chi connectivity index (χ3n) is 3.14. The molecule has 0 radical (unpaired) electrons. The molecule has 0 saturated carbocycles. The van der Waals surface area contributed by atoms with Crippen LogP contribution in [0.5, 0.6) is 0 Å². The molecule has 0 fully saturated rings. The van der Waals surface area contributed by atoms with Crippen molar-refractivity contribution in [1.29, 1.82) is 0 Å². The molecule has 0 saturated heterocycles. The molecule has 112 valence electrons. The largest absolute Gasteiger partial charge is 0.355 e. The van der Waals surface area contributed by atoms with E-state index >= 15 is 0 Å². The second-order valence-corrected chi connectivity index (χ2v) is 5.82. The van der Waals surface area contributed by atoms with Crippen molar-refractivity contribution in [3.63, 3.8) is 0 Å². The molecule has 3 amide bonds. The van der Waals surface area contributed by atoms with Gasteiger partial charge >= 0.3 is 0 Å². The first-order chi connectivity index (χ1) is 10.1. The number of nitrogens with one attached hydrogen (secondary N) is 1. The summed E-state index contributed by atoms with van der Waals surface area (Å²) in [5.41, 5.74) is 0.932. The summed E-state index contributed by atoms with van der Waals surface area (Å²) in [6, 6.07) is 6.84. The molecule has 5 nitrogen and oxygen atoms in total. The molecule has 0 aliphatic carbocycles. The van der Waals surface area contributed by atoms with Gasteiger partial charge in [0.05, 0.1) is 16.9 Å². The van der Waals surface area contributed by atoms with Gasteiger partial charge in [-0.25, -0.2) is 0 Å². The van der Waals surface area contributed by atoms with Gasteiger partial charge in [0.25, 0.3) is 11.8 Å². The van der Waals surface area contributed by atoms with Gasteiger partial charge in [0.1, 0.15) is 0 Å². The Hall–Kier alpha value is -1.82. The first-order valence-corrected chi connectivity index (χ1v) is 8.10. The average Bonchev–Trinajstić information content (AvgIpc) is 2.74. The van der Waals surface area contributed by atoms with Crippen molar-refractivity contribution in [2.24, 2.45) is 0 Å². The molecule has 0 bridgehead atoms. The van der Waals surface area contributed by atoms with Gasteiger partial charge in [0.15, 0.2) is 0 Å². The molecule has 0 unspecified atom stereocenters. The van der Waals surface area contributed by atoms with Gasteiger partial charge in [0, 0.05) is 18.8 Å². The van der Waals surface area contributed by atoms with Gasteiger partial charge in [0.2, 0.25) is 5.91 Å². The van der Waals surface area contributed by atoms with Crippen LogP contribution in [0.1, 0.15) is 34.1 Å². The molecular weight excluding hydrogens is 288 g/mol. The Bertz CT molecular complexity index is 525. The summed E-state index contributed by atoms with van der Waals surface area (Å²) in [5.74, 6) is 0.413. The van der Waals surface area contributed by atoms with Crippen LogP contribution in [0, 0.1) is 0 Å². The molecule has 1 N–H and O–H groups in total. The number of benzene rings is 1. The lowest BCUT2D eigenvalue weighted by Gasteiger charge is -2.13. The van der Waals surface area contributed by atoms with Crippen molar-refractivity contribution in [2.45, 2.75) is 13.3 Å². The van der Waals surface area contributed by atoms with Gasteiger partial charge in [-0.15, -0.1) is 0 Å². The molecule has 0 spiro atoms. The van der Waals surface area contributed by atoms with E-state index in [2.05, 4.69) is 5.32 Å². The van der Waals surface area contributed by atoms with Gasteiger partial charge in [-0.2, -0.15) is 11.8 Å². The standard InChI is InChI=1S/C15H18N2O3S/c1-2-7-16-13(18)10-21-9-8-17-14(19)11-5-3-4-6-12(11)15(17)20/h3-6H,2,7-10H2,1H3,(H,16,18). The quantitative estimate of drug-likeness (QED) is 0.613. The monoisotopic (exact) mass is 306 g/mol. The summed E-state index contributed by atoms with van der Waals surface area (Å²) in [6.45, 7) is 3.01. The Morgan fingerprint density at radius 2 is 1.81 bits per heavy atom. The molecule has 2 rings (SSSR count). The van der Waals surface area contributed by atoms with E-state index < -0.39 is 0 Å². The van der Waals surface area contributed by atoms with E-state index in [1.165, 1.54) is 16.7 Å². The second kappa shape index (κ2) is 7.26. The SMILES string of the molecule is CCCNC(=O)CSCCN1C(=O)c2ccccc2C1=O. The van der Waals surface area contributed by atoms with E-state index in [9.17, 15) is 14.4 Å². The van der Waals surface area contributed by atoms with E-state index in [0.29, 0.717) is 35.7 Å². The van der Waals surface area contributed by atoms with Crippen LogP contribution in [0.15, 0.2) is 24.3 Å². The van der Waals surface area contributed by atoms with Crippen molar-refractivity contribution in [3.05, 3.63) is 35.4 Å². The summed E-state index contributed by atoms with van der Waals surface area (Å²) in [7, 11) is 0. The summed E-state index contributed by atoms with van der Waals surface area (Å²) in [5, 5.41) is 2.79. The van der Waals surface area contributed by atoms with Crippen LogP contribution in [0.3, 0.4) is 0 Å². The normalized spacial score (nSPS) is 13.5. The number of rotatable bonds is 7. The van der Waals surface area contributed by atoms with Gasteiger partial charge in [-0.3, -0.25) is 19.3 Å². The van der Waals surface area contributed by atoms with Crippen LogP contribution in [0.4, 0.5) is 0 Å². The highest BCUT2D eigenvalue weighted by atomic mass is 32.2. The van der Waals surface area contributed by atoms with Gasteiger partial charge in [-0.1, -0.05) is 19.1 Å². The molecule has 21 heavy (non-hydrogen) atoms. The zero-order valence-corrected chi connectivity index (χ0v) is 12.7. The zero-order valence-electron chi connectivity index (χ0n) is 11.9. The van der Waals surface area contributed by atoms with E-state index in [-0.39, 0.29) is 17.7 Å². The Labute approximate surface area is 128 Å². The molecule has 0 atom stereocenters. The van der Waals surface area contributed by atoms with Crippen molar-refractivity contribution < 1.29 is 14.4 Å². The predicted octanol–water partition coefficient (Wildman–Crippen LogP) is 1.54. The minimum atomic E-state index is -0.244. The molecule has 1 aromatic rings. The maximum absolute atomic E-state index is 12.1. The van der Waals surface area contributed by atoms with Crippen LogP contribution in [0.25, 0.3) is 0 Å². The van der Waals surface area contributed by atoms with E-state index in [1.807, 2.05) is 6.92 Å². The number of amides is 3. The summed E-state index contributed by atoms with van der Waals surface area (Å²) < 4.78 is 0. The maximum Gasteiger partial charge on any atom is 0.261 e. The van der Waals surface area contributed by atoms with Crippen molar-refractivity contribution >= 4 is 29.5 Å². The molecule has 1 heterocycles. The zero-order chi connectivity index (χ0) is 15.2. The van der Waals surface area contributed by atoms with Crippen LogP contribution < -0.4 is 5.32 Å². The number of fused-ring (bicyclic) bond motifs is 1. The summed E-state index contributed by atoms with van der Waals surface area (Å²) in [4.78, 5) is 36.9. The molecule has 6 heteroatoms. The Kier molecular flexibility index (Phi) is 5.38. The maximum atomic E-state index is 12.1. The summed E-state index contributed by atoms with van der Waals surface area (Å²) >= 11 is 1.42. The third-order valence-corrected chi connectivity index (χ3v) is 4.08. The number of hydrogen-bond donors (Lipinski definition) is 1. The number of carbonyl (C=O) groups excluding carboxylic acids is 3. The topological polar surface area (TPSA) is 66.5 Å². The van der Waals surface area contributed by atoms with E-state index in [4.69, 9.17) is 0 Å². The fourth-order valence-electron chi connectivity index (χ4n) is 2.08. The number of hydrogen-bond acceptors (Lipinski definition) is 4. The molecule has 1 aliphatic heterocycles. The fourth-order valence-corrected chi connectivity index (χ4v) is 2.82. The van der Waals surface area contributed by atoms with Crippen LogP contribution >= 0.6 is 11.8 Å². The van der Waals surface area contributed by atoms with Crippen molar-refractivity contribution in [3.8, 4) is 0 Å². The molecular formula is C15H18N2O3S. The average molecular weight is 306 g/mol. The van der Waals surface area contributed by atoms with Crippen molar-refractivity contribution in [2.75, 3.05) is 24.6 Å². The van der Waals surface area contributed by atoms with E-state index in [0.717, 1.165) is 6.42 Å². The minimum Gasteiger partial charge on any atom is -0.355 e. The number of thioether (sulfide) groups is 1. The number of imide groups is 1. The molecule has 0 aromatic heterocycles. The lowest BCUT2D eigenvalue weighted by Crippen LogP contribution is -2.32. The Morgan fingerprint density at radius 3 is 2.38 bits per heavy atom. The predicted molar refractivity (Wildman–Crippen MR) is 82.4 cm³/mol. The number of nitrogens with zero attached hydrogens (tertiary/aromatic N) is 1. The lowest BCUT2D eigenvalue weighted by atomic mass is 10.1. The highest BCUT2D eigenvalue weighted by Gasteiger charge is 2.34. The first kappa shape index (κ1) is 15.6. The summed E-state index contributed by atoms with van der Waals surface area (Å²) in [6.07, 6.45) is 0.908. The fraction of sp³-hybridized carbons (Fsp3) is 0.400. The molecule has 1 aliphatic rings. The second-order valence-electron chi connectivity index (χ2n) is 4.71. The van der Waals surface area contributed by atoms with Crippen LogP contribution in [-0.4, -0.2) is 47.2 Å². The van der Waals surface area contributed by atoms with Gasteiger partial charge < -0.3 is 5.32 Å². The smallest absolute Gasteiger partial charge is 0.261 e. The van der Waals surface area contributed by atoms with E-state index in [1.54, 1.807) is 24.3 Å². The highest BCUT2D eigenvalue weighted by Crippen LogP contribution is 2.22. The number of carbonyl (C=O) groups is 3. The Balaban J connectivity index is 1.79. The highest BCUT2D eigenvalue weighted by molar-refractivity contribution is 7.99. The first-order valence-electron chi connectivity index (χ1n) is 6.94. The van der Waals surface area contributed by atoms with Crippen molar-refractivity contribution in [1.82, 2.24) is 10.2 Å². The van der Waals surface area contributed by atoms with Gasteiger partial charge in [-0.05, 0) is 18.6 Å². The Morgan fingerprint density at radius 1 is 1.19 bits per heavy atom. The third kappa shape index (κ3) is 3.64. The van der Waals surface area contributed by atoms with Crippen LogP contribution in [0.2, 0.25) is 0 Å².